The van der Waals surface area contributed by atoms with E-state index >= 15 is 0 Å². The first-order chi connectivity index (χ1) is 8.92. The van der Waals surface area contributed by atoms with Gasteiger partial charge in [0.2, 0.25) is 0 Å². The van der Waals surface area contributed by atoms with Crippen LogP contribution in [0.2, 0.25) is 0 Å². The number of aliphatic hydroxyl groups excluding tert-OH is 1. The second-order valence-electron chi connectivity index (χ2n) is 4.79. The molecular formula is C15H23NO2. The third-order valence-electron chi connectivity index (χ3n) is 3.37. The molecule has 0 amide bonds. The van der Waals surface area contributed by atoms with E-state index in [9.17, 15) is 0 Å². The van der Waals surface area contributed by atoms with Crippen molar-refractivity contribution in [3.05, 3.63) is 24.3 Å². The minimum Gasteiger partial charge on any atom is -0.491 e. The van der Waals surface area contributed by atoms with Gasteiger partial charge in [-0.2, -0.15) is 0 Å². The molecule has 1 aromatic carbocycles. The number of para-hydroxylation sites is 2. The summed E-state index contributed by atoms with van der Waals surface area (Å²) in [7, 11) is 0. The fourth-order valence-electron chi connectivity index (χ4n) is 2.40. The number of rotatable bonds is 6. The number of nitrogens with zero attached hydrogens (tertiary/aromatic N) is 1. The molecule has 0 unspecified atom stereocenters. The summed E-state index contributed by atoms with van der Waals surface area (Å²) in [5.41, 5.74) is 1.23. The van der Waals surface area contributed by atoms with Crippen molar-refractivity contribution in [1.29, 1.82) is 0 Å². The van der Waals surface area contributed by atoms with Crippen LogP contribution in [-0.2, 0) is 0 Å². The number of hydrogen-bond donors (Lipinski definition) is 1. The van der Waals surface area contributed by atoms with E-state index in [0.29, 0.717) is 6.61 Å². The Kier molecular flexibility index (Phi) is 5.34. The Morgan fingerprint density at radius 2 is 1.94 bits per heavy atom. The molecule has 0 radical (unpaired) electrons. The molecular weight excluding hydrogens is 226 g/mol. The third-order valence-corrected chi connectivity index (χ3v) is 3.37. The topological polar surface area (TPSA) is 32.7 Å². The first-order valence-corrected chi connectivity index (χ1v) is 6.99. The van der Waals surface area contributed by atoms with Gasteiger partial charge in [-0.3, -0.25) is 0 Å². The number of hydrogen-bond acceptors (Lipinski definition) is 3. The van der Waals surface area contributed by atoms with Crippen LogP contribution in [0.1, 0.15) is 32.1 Å². The van der Waals surface area contributed by atoms with Gasteiger partial charge >= 0.3 is 0 Å². The first kappa shape index (κ1) is 13.2. The van der Waals surface area contributed by atoms with Crippen LogP contribution in [0, 0.1) is 0 Å². The van der Waals surface area contributed by atoms with Crippen molar-refractivity contribution in [2.24, 2.45) is 0 Å². The highest BCUT2D eigenvalue weighted by Gasteiger charge is 2.14. The van der Waals surface area contributed by atoms with Gasteiger partial charge in [-0.25, -0.2) is 0 Å². The van der Waals surface area contributed by atoms with Crippen molar-refractivity contribution in [1.82, 2.24) is 0 Å². The smallest absolute Gasteiger partial charge is 0.142 e. The molecule has 1 aliphatic rings. The average Bonchev–Trinajstić information content (AvgIpc) is 2.61. The second kappa shape index (κ2) is 7.27. The predicted octanol–water partition coefficient (Wildman–Crippen LogP) is 2.83. The lowest BCUT2D eigenvalue weighted by Crippen LogP contribution is -2.24. The van der Waals surface area contributed by atoms with E-state index in [0.717, 1.165) is 44.7 Å². The predicted molar refractivity (Wildman–Crippen MR) is 74.3 cm³/mol. The minimum atomic E-state index is 0.320. The molecule has 1 aromatic rings. The molecule has 1 aliphatic heterocycles. The quantitative estimate of drug-likeness (QED) is 0.787. The second-order valence-corrected chi connectivity index (χ2v) is 4.79. The van der Waals surface area contributed by atoms with Crippen molar-refractivity contribution < 1.29 is 9.84 Å². The number of unbranched alkanes of at least 4 members (excludes halogenated alkanes) is 3. The number of fused-ring (bicyclic) bond motifs is 1. The highest BCUT2D eigenvalue weighted by Crippen LogP contribution is 2.30. The lowest BCUT2D eigenvalue weighted by Gasteiger charge is -2.23. The van der Waals surface area contributed by atoms with E-state index in [1.165, 1.54) is 18.5 Å². The van der Waals surface area contributed by atoms with E-state index in [-0.39, 0.29) is 0 Å². The molecule has 0 bridgehead atoms. The molecule has 0 aromatic heterocycles. The summed E-state index contributed by atoms with van der Waals surface area (Å²) in [5.74, 6) is 1.02. The molecule has 0 spiro atoms. The highest BCUT2D eigenvalue weighted by molar-refractivity contribution is 5.58. The SMILES string of the molecule is OCCCCCCN1CCCOc2ccccc21. The molecule has 1 heterocycles. The molecule has 1 N–H and O–H groups in total. The fourth-order valence-corrected chi connectivity index (χ4v) is 2.40. The van der Waals surface area contributed by atoms with E-state index in [1.807, 2.05) is 6.07 Å². The van der Waals surface area contributed by atoms with Crippen molar-refractivity contribution >= 4 is 5.69 Å². The van der Waals surface area contributed by atoms with Crippen LogP contribution >= 0.6 is 0 Å². The summed E-state index contributed by atoms with van der Waals surface area (Å²) < 4.78 is 5.75. The number of ether oxygens (including phenoxy) is 1. The highest BCUT2D eigenvalue weighted by atomic mass is 16.5. The molecule has 3 heteroatoms. The summed E-state index contributed by atoms with van der Waals surface area (Å²) in [5, 5.41) is 8.75. The molecule has 0 atom stereocenters. The normalized spacial score (nSPS) is 14.8. The van der Waals surface area contributed by atoms with Crippen LogP contribution in [-0.4, -0.2) is 31.4 Å². The first-order valence-electron chi connectivity index (χ1n) is 6.99. The van der Waals surface area contributed by atoms with Crippen LogP contribution in [0.3, 0.4) is 0 Å². The Hall–Kier alpha value is -1.22. The molecule has 0 aliphatic carbocycles. The van der Waals surface area contributed by atoms with Crippen molar-refractivity contribution in [3.63, 3.8) is 0 Å². The fraction of sp³-hybridized carbons (Fsp3) is 0.600. The summed E-state index contributed by atoms with van der Waals surface area (Å²) in [4.78, 5) is 2.43. The largest absolute Gasteiger partial charge is 0.491 e. The van der Waals surface area contributed by atoms with E-state index < -0.39 is 0 Å². The Balaban J connectivity index is 1.88. The van der Waals surface area contributed by atoms with Gasteiger partial charge in [0.05, 0.1) is 12.3 Å². The number of benzene rings is 1. The zero-order valence-corrected chi connectivity index (χ0v) is 11.0. The lowest BCUT2D eigenvalue weighted by molar-refractivity contribution is 0.282. The van der Waals surface area contributed by atoms with Gasteiger partial charge in [0, 0.05) is 19.7 Å². The maximum absolute atomic E-state index is 8.75. The maximum Gasteiger partial charge on any atom is 0.142 e. The Bertz CT molecular complexity index is 354. The van der Waals surface area contributed by atoms with Gasteiger partial charge in [0.1, 0.15) is 5.75 Å². The maximum atomic E-state index is 8.75. The Morgan fingerprint density at radius 1 is 1.11 bits per heavy atom. The molecule has 18 heavy (non-hydrogen) atoms. The summed E-state index contributed by atoms with van der Waals surface area (Å²) in [6, 6.07) is 8.31. The van der Waals surface area contributed by atoms with Gasteiger partial charge in [0.15, 0.2) is 0 Å². The summed E-state index contributed by atoms with van der Waals surface area (Å²) in [6.07, 6.45) is 5.53. The van der Waals surface area contributed by atoms with Gasteiger partial charge in [-0.05, 0) is 31.4 Å². The Labute approximate surface area is 109 Å². The van der Waals surface area contributed by atoms with E-state index in [1.54, 1.807) is 0 Å². The zero-order chi connectivity index (χ0) is 12.6. The van der Waals surface area contributed by atoms with E-state index in [4.69, 9.17) is 9.84 Å². The Morgan fingerprint density at radius 3 is 2.83 bits per heavy atom. The summed E-state index contributed by atoms with van der Waals surface area (Å²) >= 11 is 0. The van der Waals surface area contributed by atoms with Crippen LogP contribution in [0.15, 0.2) is 24.3 Å². The van der Waals surface area contributed by atoms with Gasteiger partial charge in [-0.1, -0.05) is 25.0 Å². The van der Waals surface area contributed by atoms with Crippen molar-refractivity contribution in [2.75, 3.05) is 31.2 Å². The standard InChI is InChI=1S/C15H23NO2/c17-12-6-2-1-5-10-16-11-7-13-18-15-9-4-3-8-14(15)16/h3-4,8-9,17H,1-2,5-7,10-13H2. The van der Waals surface area contributed by atoms with Crippen molar-refractivity contribution in [3.8, 4) is 5.75 Å². The molecule has 0 saturated carbocycles. The molecule has 0 fully saturated rings. The van der Waals surface area contributed by atoms with Crippen LogP contribution in [0.5, 0.6) is 5.75 Å². The monoisotopic (exact) mass is 249 g/mol. The summed E-state index contributed by atoms with van der Waals surface area (Å²) in [6.45, 7) is 3.31. The number of aliphatic hydroxyl groups is 1. The van der Waals surface area contributed by atoms with Gasteiger partial charge < -0.3 is 14.7 Å². The third kappa shape index (κ3) is 3.64. The van der Waals surface area contributed by atoms with Gasteiger partial charge in [0.25, 0.3) is 0 Å². The van der Waals surface area contributed by atoms with Crippen LogP contribution < -0.4 is 9.64 Å². The van der Waals surface area contributed by atoms with Gasteiger partial charge in [-0.15, -0.1) is 0 Å². The molecule has 2 rings (SSSR count). The zero-order valence-electron chi connectivity index (χ0n) is 11.0. The average molecular weight is 249 g/mol. The molecule has 100 valence electrons. The van der Waals surface area contributed by atoms with Crippen LogP contribution in [0.25, 0.3) is 0 Å². The lowest BCUT2D eigenvalue weighted by atomic mass is 10.2. The van der Waals surface area contributed by atoms with Crippen molar-refractivity contribution in [2.45, 2.75) is 32.1 Å². The minimum absolute atomic E-state index is 0.320. The molecule has 0 saturated heterocycles. The molecule has 3 nitrogen and oxygen atoms in total. The van der Waals surface area contributed by atoms with E-state index in [2.05, 4.69) is 23.1 Å². The van der Waals surface area contributed by atoms with Crippen LogP contribution in [0.4, 0.5) is 5.69 Å². The number of anilines is 1.